The van der Waals surface area contributed by atoms with Crippen molar-refractivity contribution in [1.29, 1.82) is 0 Å². The van der Waals surface area contributed by atoms with Gasteiger partial charge in [0.2, 0.25) is 0 Å². The first kappa shape index (κ1) is 16.4. The summed E-state index contributed by atoms with van der Waals surface area (Å²) < 4.78 is 2.13. The molecule has 0 fully saturated rings. The Hall–Kier alpha value is -2.41. The van der Waals surface area contributed by atoms with Gasteiger partial charge in [-0.3, -0.25) is 4.79 Å². The lowest BCUT2D eigenvalue weighted by Gasteiger charge is -2.03. The molecule has 0 unspecified atom stereocenters. The summed E-state index contributed by atoms with van der Waals surface area (Å²) in [5.74, 6) is 0.947. The highest BCUT2D eigenvalue weighted by Crippen LogP contribution is 2.32. The number of amides is 1. The quantitative estimate of drug-likeness (QED) is 0.745. The van der Waals surface area contributed by atoms with Gasteiger partial charge >= 0.3 is 0 Å². The molecule has 0 aromatic carbocycles. The Morgan fingerprint density at radius 1 is 1.38 bits per heavy atom. The molecule has 3 aromatic rings. The number of carbonyl (C=O) groups excluding carboxylic acids is 1. The van der Waals surface area contributed by atoms with Crippen molar-refractivity contribution in [2.45, 2.75) is 40.3 Å². The number of nitrogen functional groups attached to an aromatic ring is 1. The summed E-state index contributed by atoms with van der Waals surface area (Å²) in [7, 11) is 0. The van der Waals surface area contributed by atoms with Crippen LogP contribution < -0.4 is 11.1 Å². The molecule has 3 N–H and O–H groups in total. The molecule has 1 amide bonds. The first-order valence-electron chi connectivity index (χ1n) is 7.95. The van der Waals surface area contributed by atoms with Crippen LogP contribution in [-0.4, -0.2) is 20.4 Å². The van der Waals surface area contributed by atoms with Gasteiger partial charge in [0, 0.05) is 25.5 Å². The molecule has 7 heteroatoms. The highest BCUT2D eigenvalue weighted by molar-refractivity contribution is 7.20. The number of anilines is 1. The highest BCUT2D eigenvalue weighted by Gasteiger charge is 2.19. The minimum Gasteiger partial charge on any atom is -0.383 e. The number of carbonyl (C=O) groups is 1. The Kier molecular flexibility index (Phi) is 4.53. The predicted molar refractivity (Wildman–Crippen MR) is 97.2 cm³/mol. The van der Waals surface area contributed by atoms with E-state index in [0.717, 1.165) is 34.3 Å². The van der Waals surface area contributed by atoms with Gasteiger partial charge in [-0.05, 0) is 37.5 Å². The van der Waals surface area contributed by atoms with Crippen LogP contribution in [0.25, 0.3) is 10.2 Å². The standard InChI is InChI=1S/C17H21N5OS/c1-4-6-22-7-5-12(9-22)8-19-16(23)14-10(2)13-15(18)20-11(3)21-17(13)24-14/h5,7,9H,4,6,8H2,1-3H3,(H,19,23)(H2,18,20,21). The Morgan fingerprint density at radius 2 is 2.17 bits per heavy atom. The van der Waals surface area contributed by atoms with Crippen molar-refractivity contribution in [1.82, 2.24) is 19.9 Å². The van der Waals surface area contributed by atoms with Crippen LogP contribution in [0.3, 0.4) is 0 Å². The van der Waals surface area contributed by atoms with Gasteiger partial charge in [-0.15, -0.1) is 11.3 Å². The number of fused-ring (bicyclic) bond motifs is 1. The van der Waals surface area contributed by atoms with E-state index in [1.807, 2.05) is 19.2 Å². The van der Waals surface area contributed by atoms with E-state index in [0.29, 0.717) is 23.1 Å². The molecule has 0 atom stereocenters. The average Bonchev–Trinajstić information content (AvgIpc) is 3.10. The van der Waals surface area contributed by atoms with E-state index in [-0.39, 0.29) is 5.91 Å². The van der Waals surface area contributed by atoms with E-state index in [1.54, 1.807) is 6.92 Å². The van der Waals surface area contributed by atoms with E-state index >= 15 is 0 Å². The maximum atomic E-state index is 12.5. The number of nitrogens with one attached hydrogen (secondary N) is 1. The zero-order valence-corrected chi connectivity index (χ0v) is 14.9. The predicted octanol–water partition coefficient (Wildman–Crippen LogP) is 3.03. The molecule has 0 bridgehead atoms. The average molecular weight is 343 g/mol. The van der Waals surface area contributed by atoms with Gasteiger partial charge < -0.3 is 15.6 Å². The van der Waals surface area contributed by atoms with E-state index in [2.05, 4.69) is 33.0 Å². The molecule has 24 heavy (non-hydrogen) atoms. The second-order valence-corrected chi connectivity index (χ2v) is 6.83. The fourth-order valence-corrected chi connectivity index (χ4v) is 3.90. The smallest absolute Gasteiger partial charge is 0.261 e. The molecular weight excluding hydrogens is 322 g/mol. The lowest BCUT2D eigenvalue weighted by Crippen LogP contribution is -2.22. The summed E-state index contributed by atoms with van der Waals surface area (Å²) in [4.78, 5) is 22.5. The molecule has 3 rings (SSSR count). The number of hydrogen-bond acceptors (Lipinski definition) is 5. The van der Waals surface area contributed by atoms with E-state index in [4.69, 9.17) is 5.73 Å². The molecule has 0 spiro atoms. The molecule has 0 aliphatic rings. The van der Waals surface area contributed by atoms with Gasteiger partial charge in [-0.2, -0.15) is 0 Å². The third kappa shape index (κ3) is 3.12. The Morgan fingerprint density at radius 3 is 2.92 bits per heavy atom. The van der Waals surface area contributed by atoms with E-state index < -0.39 is 0 Å². The summed E-state index contributed by atoms with van der Waals surface area (Å²) in [6.07, 6.45) is 5.19. The largest absolute Gasteiger partial charge is 0.383 e. The third-order valence-electron chi connectivity index (χ3n) is 3.88. The van der Waals surface area contributed by atoms with Crippen molar-refractivity contribution < 1.29 is 4.79 Å². The summed E-state index contributed by atoms with van der Waals surface area (Å²) in [6.45, 7) is 7.32. The monoisotopic (exact) mass is 343 g/mol. The molecule has 126 valence electrons. The molecule has 0 aliphatic carbocycles. The Labute approximate surface area is 144 Å². The third-order valence-corrected chi connectivity index (χ3v) is 5.07. The number of aromatic nitrogens is 3. The molecule has 0 radical (unpaired) electrons. The molecule has 3 aromatic heterocycles. The van der Waals surface area contributed by atoms with Gasteiger partial charge in [0.15, 0.2) is 0 Å². The van der Waals surface area contributed by atoms with Gasteiger partial charge in [-0.1, -0.05) is 6.92 Å². The minimum absolute atomic E-state index is 0.101. The van der Waals surface area contributed by atoms with Gasteiger partial charge in [0.05, 0.1) is 10.3 Å². The molecule has 6 nitrogen and oxygen atoms in total. The SMILES string of the molecule is CCCn1ccc(CNC(=O)c2sc3nc(C)nc(N)c3c2C)c1. The summed E-state index contributed by atoms with van der Waals surface area (Å²) >= 11 is 1.36. The molecule has 0 aliphatic heterocycles. The lowest BCUT2D eigenvalue weighted by molar-refractivity contribution is 0.0954. The summed E-state index contributed by atoms with van der Waals surface area (Å²) in [5.41, 5.74) is 7.92. The zero-order chi connectivity index (χ0) is 17.3. The Balaban J connectivity index is 1.78. The maximum absolute atomic E-state index is 12.5. The van der Waals surface area contributed by atoms with Crippen molar-refractivity contribution in [2.24, 2.45) is 0 Å². The second kappa shape index (κ2) is 6.60. The number of nitrogens with zero attached hydrogens (tertiary/aromatic N) is 3. The summed E-state index contributed by atoms with van der Waals surface area (Å²) in [5, 5.41) is 3.76. The van der Waals surface area contributed by atoms with Crippen LogP contribution >= 0.6 is 11.3 Å². The van der Waals surface area contributed by atoms with Crippen LogP contribution in [0.4, 0.5) is 5.82 Å². The number of rotatable bonds is 5. The van der Waals surface area contributed by atoms with Crippen molar-refractivity contribution in [2.75, 3.05) is 5.73 Å². The lowest BCUT2D eigenvalue weighted by atomic mass is 10.2. The number of hydrogen-bond donors (Lipinski definition) is 2. The van der Waals surface area contributed by atoms with Crippen LogP contribution in [-0.2, 0) is 13.1 Å². The summed E-state index contributed by atoms with van der Waals surface area (Å²) in [6, 6.07) is 2.03. The number of aryl methyl sites for hydroxylation is 3. The number of thiophene rings is 1. The van der Waals surface area contributed by atoms with E-state index in [9.17, 15) is 4.79 Å². The van der Waals surface area contributed by atoms with Gasteiger partial charge in [0.1, 0.15) is 16.5 Å². The van der Waals surface area contributed by atoms with Crippen LogP contribution in [0.2, 0.25) is 0 Å². The first-order valence-corrected chi connectivity index (χ1v) is 8.77. The molecule has 3 heterocycles. The fraction of sp³-hybridized carbons (Fsp3) is 0.353. The molecule has 0 saturated carbocycles. The fourth-order valence-electron chi connectivity index (χ4n) is 2.75. The highest BCUT2D eigenvalue weighted by atomic mass is 32.1. The maximum Gasteiger partial charge on any atom is 0.261 e. The van der Waals surface area contributed by atoms with Crippen LogP contribution in [0.5, 0.6) is 0 Å². The first-order chi connectivity index (χ1) is 11.5. The normalized spacial score (nSPS) is 11.1. The topological polar surface area (TPSA) is 85.8 Å². The van der Waals surface area contributed by atoms with Crippen molar-refractivity contribution in [3.05, 3.63) is 40.3 Å². The van der Waals surface area contributed by atoms with Crippen LogP contribution in [0.15, 0.2) is 18.5 Å². The van der Waals surface area contributed by atoms with Crippen LogP contribution in [0.1, 0.15) is 40.0 Å². The Bertz CT molecular complexity index is 896. The second-order valence-electron chi connectivity index (χ2n) is 5.83. The van der Waals surface area contributed by atoms with Crippen LogP contribution in [0, 0.1) is 13.8 Å². The zero-order valence-electron chi connectivity index (χ0n) is 14.1. The van der Waals surface area contributed by atoms with E-state index in [1.165, 1.54) is 11.3 Å². The molecular formula is C17H21N5OS. The molecule has 0 saturated heterocycles. The van der Waals surface area contributed by atoms with Crippen molar-refractivity contribution in [3.8, 4) is 0 Å². The minimum atomic E-state index is -0.101. The van der Waals surface area contributed by atoms with Crippen molar-refractivity contribution in [3.63, 3.8) is 0 Å². The van der Waals surface area contributed by atoms with Gasteiger partial charge in [-0.25, -0.2) is 9.97 Å². The number of nitrogens with two attached hydrogens (primary N) is 1. The van der Waals surface area contributed by atoms with Crippen molar-refractivity contribution >= 4 is 33.3 Å². The van der Waals surface area contributed by atoms with Gasteiger partial charge in [0.25, 0.3) is 5.91 Å².